The predicted octanol–water partition coefficient (Wildman–Crippen LogP) is 3.73. The highest BCUT2D eigenvalue weighted by Crippen LogP contribution is 2.17. The van der Waals surface area contributed by atoms with Gasteiger partial charge in [0.05, 0.1) is 6.61 Å². The Morgan fingerprint density at radius 2 is 1.82 bits per heavy atom. The van der Waals surface area contributed by atoms with Gasteiger partial charge in [-0.15, -0.1) is 0 Å². The molecular weight excluding hydrogens is 276 g/mol. The highest BCUT2D eigenvalue weighted by Gasteiger charge is 2.11. The van der Waals surface area contributed by atoms with Crippen molar-refractivity contribution >= 4 is 11.6 Å². The van der Waals surface area contributed by atoms with Gasteiger partial charge in [-0.25, -0.2) is 0 Å². The molecule has 1 aliphatic rings. The number of anilines is 1. The van der Waals surface area contributed by atoms with E-state index in [-0.39, 0.29) is 5.91 Å². The Morgan fingerprint density at radius 3 is 2.45 bits per heavy atom. The Balaban J connectivity index is 1.66. The zero-order chi connectivity index (χ0) is 15.6. The van der Waals surface area contributed by atoms with E-state index in [0.717, 1.165) is 18.0 Å². The van der Waals surface area contributed by atoms with Crippen molar-refractivity contribution < 1.29 is 9.53 Å². The van der Waals surface area contributed by atoms with Crippen LogP contribution in [-0.2, 0) is 4.79 Å². The van der Waals surface area contributed by atoms with Gasteiger partial charge in [0.1, 0.15) is 5.75 Å². The second-order valence-corrected chi connectivity index (χ2v) is 5.90. The summed E-state index contributed by atoms with van der Waals surface area (Å²) in [5, 5.41) is 6.45. The van der Waals surface area contributed by atoms with E-state index in [2.05, 4.69) is 10.6 Å². The van der Waals surface area contributed by atoms with Gasteiger partial charge >= 0.3 is 0 Å². The first kappa shape index (κ1) is 16.8. The average molecular weight is 304 g/mol. The Labute approximate surface area is 133 Å². The van der Waals surface area contributed by atoms with Gasteiger partial charge in [0, 0.05) is 24.7 Å². The van der Waals surface area contributed by atoms with Gasteiger partial charge in [0.25, 0.3) is 0 Å². The quantitative estimate of drug-likeness (QED) is 0.755. The minimum absolute atomic E-state index is 0.0604. The highest BCUT2D eigenvalue weighted by molar-refractivity contribution is 5.90. The van der Waals surface area contributed by atoms with Gasteiger partial charge in [-0.05, 0) is 44.0 Å². The van der Waals surface area contributed by atoms with Crippen LogP contribution in [-0.4, -0.2) is 25.1 Å². The molecule has 4 nitrogen and oxygen atoms in total. The number of hydrogen-bond acceptors (Lipinski definition) is 3. The molecule has 2 N–H and O–H groups in total. The van der Waals surface area contributed by atoms with Gasteiger partial charge in [-0.3, -0.25) is 4.79 Å². The molecule has 0 unspecified atom stereocenters. The van der Waals surface area contributed by atoms with Crippen molar-refractivity contribution in [2.75, 3.05) is 18.5 Å². The smallest absolute Gasteiger partial charge is 0.225 e. The minimum Gasteiger partial charge on any atom is -0.494 e. The summed E-state index contributed by atoms with van der Waals surface area (Å²) < 4.78 is 5.39. The van der Waals surface area contributed by atoms with Gasteiger partial charge in [0.2, 0.25) is 5.91 Å². The number of rotatable bonds is 7. The minimum atomic E-state index is 0.0604. The summed E-state index contributed by atoms with van der Waals surface area (Å²) >= 11 is 0. The van der Waals surface area contributed by atoms with E-state index in [1.807, 2.05) is 31.2 Å². The fourth-order valence-corrected chi connectivity index (χ4v) is 2.90. The third-order valence-electron chi connectivity index (χ3n) is 4.09. The molecule has 0 heterocycles. The first-order chi connectivity index (χ1) is 10.8. The molecular formula is C18H28N2O2. The van der Waals surface area contributed by atoms with Gasteiger partial charge in [-0.2, -0.15) is 0 Å². The standard InChI is InChI=1S/C18H28N2O2/c1-2-22-17-11-9-16(10-12-17)20-18(21)13-14-19-15-7-5-3-4-6-8-15/h9-12,15,19H,2-8,13-14H2,1H3,(H,20,21). The maximum absolute atomic E-state index is 12.0. The van der Waals surface area contributed by atoms with Crippen LogP contribution in [0.4, 0.5) is 5.69 Å². The molecule has 2 rings (SSSR count). The SMILES string of the molecule is CCOc1ccc(NC(=O)CCNC2CCCCCC2)cc1. The Kier molecular flexibility index (Phi) is 7.23. The van der Waals surface area contributed by atoms with Crippen LogP contribution in [0.25, 0.3) is 0 Å². The fourth-order valence-electron chi connectivity index (χ4n) is 2.90. The third-order valence-corrected chi connectivity index (χ3v) is 4.09. The van der Waals surface area contributed by atoms with Crippen LogP contribution < -0.4 is 15.4 Å². The molecule has 0 bridgehead atoms. The van der Waals surface area contributed by atoms with Crippen molar-refractivity contribution in [3.8, 4) is 5.75 Å². The van der Waals surface area contributed by atoms with Crippen LogP contribution in [0.2, 0.25) is 0 Å². The van der Waals surface area contributed by atoms with Crippen molar-refractivity contribution in [1.82, 2.24) is 5.32 Å². The van der Waals surface area contributed by atoms with E-state index in [4.69, 9.17) is 4.74 Å². The molecule has 1 aromatic carbocycles. The van der Waals surface area contributed by atoms with Crippen molar-refractivity contribution in [2.45, 2.75) is 57.9 Å². The van der Waals surface area contributed by atoms with Crippen LogP contribution in [0.15, 0.2) is 24.3 Å². The molecule has 122 valence electrons. The number of amides is 1. The van der Waals surface area contributed by atoms with Crippen molar-refractivity contribution in [3.63, 3.8) is 0 Å². The molecule has 4 heteroatoms. The lowest BCUT2D eigenvalue weighted by Crippen LogP contribution is -2.31. The van der Waals surface area contributed by atoms with Crippen molar-refractivity contribution in [3.05, 3.63) is 24.3 Å². The summed E-state index contributed by atoms with van der Waals surface area (Å²) in [5.74, 6) is 0.890. The van der Waals surface area contributed by atoms with Crippen LogP contribution >= 0.6 is 0 Å². The number of nitrogens with one attached hydrogen (secondary N) is 2. The van der Waals surface area contributed by atoms with Crippen molar-refractivity contribution in [1.29, 1.82) is 0 Å². The molecule has 0 saturated heterocycles. The molecule has 1 aromatic rings. The number of benzene rings is 1. The number of carbonyl (C=O) groups excluding carboxylic acids is 1. The van der Waals surface area contributed by atoms with Crippen LogP contribution in [0.1, 0.15) is 51.9 Å². The van der Waals surface area contributed by atoms with E-state index in [9.17, 15) is 4.79 Å². The van der Waals surface area contributed by atoms with Crippen LogP contribution in [0.5, 0.6) is 5.75 Å². The normalized spacial score (nSPS) is 16.0. The first-order valence-corrected chi connectivity index (χ1v) is 8.54. The first-order valence-electron chi connectivity index (χ1n) is 8.54. The maximum Gasteiger partial charge on any atom is 0.225 e. The number of ether oxygens (including phenoxy) is 1. The lowest BCUT2D eigenvalue weighted by Gasteiger charge is -2.15. The molecule has 0 spiro atoms. The van der Waals surface area contributed by atoms with E-state index < -0.39 is 0 Å². The van der Waals surface area contributed by atoms with E-state index >= 15 is 0 Å². The summed E-state index contributed by atoms with van der Waals surface area (Å²) in [6, 6.07) is 8.11. The van der Waals surface area contributed by atoms with Crippen LogP contribution in [0.3, 0.4) is 0 Å². The zero-order valence-corrected chi connectivity index (χ0v) is 13.6. The fraction of sp³-hybridized carbons (Fsp3) is 0.611. The Bertz CT molecular complexity index is 437. The highest BCUT2D eigenvalue weighted by atomic mass is 16.5. The molecule has 0 atom stereocenters. The van der Waals surface area contributed by atoms with E-state index in [1.54, 1.807) is 0 Å². The predicted molar refractivity (Wildman–Crippen MR) is 90.4 cm³/mol. The van der Waals surface area contributed by atoms with Gasteiger partial charge in [0.15, 0.2) is 0 Å². The molecule has 0 radical (unpaired) electrons. The van der Waals surface area contributed by atoms with Crippen LogP contribution in [0, 0.1) is 0 Å². The second-order valence-electron chi connectivity index (χ2n) is 5.90. The summed E-state index contributed by atoms with van der Waals surface area (Å²) in [4.78, 5) is 12.0. The number of carbonyl (C=O) groups is 1. The summed E-state index contributed by atoms with van der Waals surface area (Å²) in [6.45, 7) is 3.36. The van der Waals surface area contributed by atoms with Crippen molar-refractivity contribution in [2.24, 2.45) is 0 Å². The topological polar surface area (TPSA) is 50.4 Å². The Hall–Kier alpha value is -1.55. The Morgan fingerprint density at radius 1 is 1.14 bits per heavy atom. The summed E-state index contributed by atoms with van der Waals surface area (Å²) in [6.07, 6.45) is 8.36. The third kappa shape index (κ3) is 6.06. The lowest BCUT2D eigenvalue weighted by molar-refractivity contribution is -0.116. The van der Waals surface area contributed by atoms with Gasteiger partial charge in [-0.1, -0.05) is 25.7 Å². The van der Waals surface area contributed by atoms with E-state index in [1.165, 1.54) is 38.5 Å². The molecule has 22 heavy (non-hydrogen) atoms. The molecule has 1 saturated carbocycles. The molecule has 0 aliphatic heterocycles. The molecule has 1 aliphatic carbocycles. The number of hydrogen-bond donors (Lipinski definition) is 2. The maximum atomic E-state index is 12.0. The molecule has 1 amide bonds. The summed E-state index contributed by atoms with van der Waals surface area (Å²) in [5.41, 5.74) is 0.822. The summed E-state index contributed by atoms with van der Waals surface area (Å²) in [7, 11) is 0. The second kappa shape index (κ2) is 9.46. The van der Waals surface area contributed by atoms with E-state index in [0.29, 0.717) is 19.1 Å². The zero-order valence-electron chi connectivity index (χ0n) is 13.6. The average Bonchev–Trinajstić information content (AvgIpc) is 2.78. The molecule has 1 fully saturated rings. The monoisotopic (exact) mass is 304 g/mol. The van der Waals surface area contributed by atoms with Gasteiger partial charge < -0.3 is 15.4 Å². The molecule has 0 aromatic heterocycles. The largest absolute Gasteiger partial charge is 0.494 e. The lowest BCUT2D eigenvalue weighted by atomic mass is 10.1.